The maximum absolute atomic E-state index is 10.3. The fraction of sp³-hybridized carbons (Fsp3) is 0.176. The molecule has 2 nitrogen and oxygen atoms in total. The molecule has 3 rings (SSSR count). The predicted molar refractivity (Wildman–Crippen MR) is 83.1 cm³/mol. The molecule has 0 aliphatic carbocycles. The standard InChI is InChI=1S/C17H16O2S/c1-12-6-2-5-9-17(12)20-11-14(18)16-10-13-7-3-4-8-15(13)19-16/h2-10,14,18H,11H2,1H3. The zero-order chi connectivity index (χ0) is 13.9. The summed E-state index contributed by atoms with van der Waals surface area (Å²) in [6, 6.07) is 17.9. The number of furan rings is 1. The first kappa shape index (κ1) is 13.3. The van der Waals surface area contributed by atoms with Gasteiger partial charge in [-0.2, -0.15) is 0 Å². The predicted octanol–water partition coefficient (Wildman–Crippen LogP) is 4.57. The van der Waals surface area contributed by atoms with E-state index >= 15 is 0 Å². The molecule has 1 atom stereocenters. The summed E-state index contributed by atoms with van der Waals surface area (Å²) in [6.07, 6.45) is -0.591. The Morgan fingerprint density at radius 2 is 1.85 bits per heavy atom. The highest BCUT2D eigenvalue weighted by Gasteiger charge is 2.14. The second-order valence-electron chi connectivity index (χ2n) is 4.78. The Balaban J connectivity index is 1.73. The first-order valence-electron chi connectivity index (χ1n) is 6.59. The number of benzene rings is 2. The van der Waals surface area contributed by atoms with E-state index < -0.39 is 6.10 Å². The van der Waals surface area contributed by atoms with Crippen molar-refractivity contribution in [3.63, 3.8) is 0 Å². The van der Waals surface area contributed by atoms with E-state index in [0.717, 1.165) is 11.0 Å². The van der Waals surface area contributed by atoms with Crippen LogP contribution in [-0.4, -0.2) is 10.9 Å². The maximum atomic E-state index is 10.3. The van der Waals surface area contributed by atoms with Crippen molar-refractivity contribution < 1.29 is 9.52 Å². The molecule has 0 fully saturated rings. The molecule has 0 saturated heterocycles. The minimum absolute atomic E-state index is 0.588. The zero-order valence-electron chi connectivity index (χ0n) is 11.2. The van der Waals surface area contributed by atoms with E-state index in [4.69, 9.17) is 4.42 Å². The summed E-state index contributed by atoms with van der Waals surface area (Å²) < 4.78 is 5.69. The number of aliphatic hydroxyl groups excluding tert-OH is 1. The molecule has 1 N–H and O–H groups in total. The van der Waals surface area contributed by atoms with Gasteiger partial charge in [-0.15, -0.1) is 11.8 Å². The van der Waals surface area contributed by atoms with Crippen LogP contribution in [0.1, 0.15) is 17.4 Å². The van der Waals surface area contributed by atoms with Crippen LogP contribution in [-0.2, 0) is 0 Å². The minimum atomic E-state index is -0.591. The smallest absolute Gasteiger partial charge is 0.134 e. The van der Waals surface area contributed by atoms with Gasteiger partial charge in [0.15, 0.2) is 0 Å². The Morgan fingerprint density at radius 1 is 1.10 bits per heavy atom. The highest BCUT2D eigenvalue weighted by Crippen LogP contribution is 2.29. The van der Waals surface area contributed by atoms with Crippen LogP contribution in [0.4, 0.5) is 0 Å². The van der Waals surface area contributed by atoms with Gasteiger partial charge in [0.25, 0.3) is 0 Å². The average molecular weight is 284 g/mol. The number of hydrogen-bond acceptors (Lipinski definition) is 3. The molecule has 0 amide bonds. The Morgan fingerprint density at radius 3 is 2.65 bits per heavy atom. The number of aryl methyl sites for hydroxylation is 1. The molecule has 1 unspecified atom stereocenters. The van der Waals surface area contributed by atoms with Crippen LogP contribution in [0.5, 0.6) is 0 Å². The summed E-state index contributed by atoms with van der Waals surface area (Å²) in [5, 5.41) is 11.3. The Labute approximate surface area is 122 Å². The SMILES string of the molecule is Cc1ccccc1SCC(O)c1cc2ccccc2o1. The third-order valence-corrected chi connectivity index (χ3v) is 4.51. The zero-order valence-corrected chi connectivity index (χ0v) is 12.1. The summed E-state index contributed by atoms with van der Waals surface area (Å²) >= 11 is 1.65. The van der Waals surface area contributed by atoms with Crippen molar-refractivity contribution in [1.29, 1.82) is 0 Å². The van der Waals surface area contributed by atoms with E-state index in [1.807, 2.05) is 42.5 Å². The third-order valence-electron chi connectivity index (χ3n) is 3.26. The van der Waals surface area contributed by atoms with E-state index in [-0.39, 0.29) is 0 Å². The highest BCUT2D eigenvalue weighted by atomic mass is 32.2. The van der Waals surface area contributed by atoms with Crippen LogP contribution in [0.25, 0.3) is 11.0 Å². The van der Waals surface area contributed by atoms with Gasteiger partial charge in [0, 0.05) is 16.0 Å². The Bertz CT molecular complexity index is 685. The number of para-hydroxylation sites is 1. The van der Waals surface area contributed by atoms with Crippen molar-refractivity contribution in [2.75, 3.05) is 5.75 Å². The molecule has 2 aromatic carbocycles. The molecule has 0 radical (unpaired) electrons. The fourth-order valence-corrected chi connectivity index (χ4v) is 3.11. The van der Waals surface area contributed by atoms with Crippen LogP contribution < -0.4 is 0 Å². The highest BCUT2D eigenvalue weighted by molar-refractivity contribution is 7.99. The summed E-state index contributed by atoms with van der Waals surface area (Å²) in [5.41, 5.74) is 2.05. The van der Waals surface area contributed by atoms with Crippen LogP contribution in [0.3, 0.4) is 0 Å². The van der Waals surface area contributed by atoms with E-state index in [2.05, 4.69) is 19.1 Å². The molecule has 1 heterocycles. The van der Waals surface area contributed by atoms with Gasteiger partial charge in [-0.25, -0.2) is 0 Å². The van der Waals surface area contributed by atoms with E-state index in [9.17, 15) is 5.11 Å². The molecular weight excluding hydrogens is 268 g/mol. The van der Waals surface area contributed by atoms with Crippen molar-refractivity contribution in [2.45, 2.75) is 17.9 Å². The van der Waals surface area contributed by atoms with Crippen molar-refractivity contribution in [1.82, 2.24) is 0 Å². The van der Waals surface area contributed by atoms with E-state index in [1.54, 1.807) is 11.8 Å². The molecule has 0 spiro atoms. The summed E-state index contributed by atoms with van der Waals surface area (Å²) in [4.78, 5) is 1.20. The van der Waals surface area contributed by atoms with Crippen molar-refractivity contribution in [3.05, 3.63) is 65.9 Å². The van der Waals surface area contributed by atoms with E-state index in [0.29, 0.717) is 11.5 Å². The molecular formula is C17H16O2S. The van der Waals surface area contributed by atoms with Crippen molar-refractivity contribution in [2.24, 2.45) is 0 Å². The molecule has 1 aromatic heterocycles. The molecule has 0 aliphatic rings. The number of rotatable bonds is 4. The lowest BCUT2D eigenvalue weighted by Crippen LogP contribution is -1.98. The molecule has 0 bridgehead atoms. The minimum Gasteiger partial charge on any atom is -0.458 e. The molecule has 3 heteroatoms. The lowest BCUT2D eigenvalue weighted by molar-refractivity contribution is 0.177. The van der Waals surface area contributed by atoms with E-state index in [1.165, 1.54) is 10.5 Å². The van der Waals surface area contributed by atoms with Gasteiger partial charge >= 0.3 is 0 Å². The Kier molecular flexibility index (Phi) is 3.81. The van der Waals surface area contributed by atoms with Gasteiger partial charge in [-0.3, -0.25) is 0 Å². The van der Waals surface area contributed by atoms with Gasteiger partial charge in [0.2, 0.25) is 0 Å². The van der Waals surface area contributed by atoms with Crippen LogP contribution in [0.15, 0.2) is 63.9 Å². The average Bonchev–Trinajstić information content (AvgIpc) is 2.90. The monoisotopic (exact) mass is 284 g/mol. The van der Waals surface area contributed by atoms with Gasteiger partial charge in [0.05, 0.1) is 0 Å². The van der Waals surface area contributed by atoms with Crippen molar-refractivity contribution >= 4 is 22.7 Å². The summed E-state index contributed by atoms with van der Waals surface area (Å²) in [6.45, 7) is 2.08. The molecule has 0 saturated carbocycles. The number of thioether (sulfide) groups is 1. The lowest BCUT2D eigenvalue weighted by Gasteiger charge is -2.08. The van der Waals surface area contributed by atoms with Crippen LogP contribution >= 0.6 is 11.8 Å². The second kappa shape index (κ2) is 5.73. The maximum Gasteiger partial charge on any atom is 0.134 e. The molecule has 102 valence electrons. The Hall–Kier alpha value is -1.71. The van der Waals surface area contributed by atoms with Gasteiger partial charge < -0.3 is 9.52 Å². The lowest BCUT2D eigenvalue weighted by atomic mass is 10.2. The topological polar surface area (TPSA) is 33.4 Å². The largest absolute Gasteiger partial charge is 0.458 e. The third kappa shape index (κ3) is 2.74. The molecule has 3 aromatic rings. The van der Waals surface area contributed by atoms with Crippen LogP contribution in [0, 0.1) is 6.92 Å². The quantitative estimate of drug-likeness (QED) is 0.713. The van der Waals surface area contributed by atoms with Gasteiger partial charge in [0.1, 0.15) is 17.4 Å². The number of fused-ring (bicyclic) bond motifs is 1. The summed E-state index contributed by atoms with van der Waals surface area (Å²) in [7, 11) is 0. The first-order valence-corrected chi connectivity index (χ1v) is 7.57. The van der Waals surface area contributed by atoms with Gasteiger partial charge in [-0.05, 0) is 30.7 Å². The second-order valence-corrected chi connectivity index (χ2v) is 5.84. The number of aliphatic hydroxyl groups is 1. The molecule has 0 aliphatic heterocycles. The normalized spacial score (nSPS) is 12.7. The first-order chi connectivity index (χ1) is 9.74. The fourth-order valence-electron chi connectivity index (χ4n) is 2.14. The number of hydrogen-bond donors (Lipinski definition) is 1. The van der Waals surface area contributed by atoms with Crippen molar-refractivity contribution in [3.8, 4) is 0 Å². The van der Waals surface area contributed by atoms with Gasteiger partial charge in [-0.1, -0.05) is 36.4 Å². The molecule has 20 heavy (non-hydrogen) atoms. The summed E-state index contributed by atoms with van der Waals surface area (Å²) in [5.74, 6) is 1.22. The van der Waals surface area contributed by atoms with Crippen LogP contribution in [0.2, 0.25) is 0 Å².